The van der Waals surface area contributed by atoms with Crippen molar-refractivity contribution in [2.45, 2.75) is 39.8 Å². The molecule has 1 amide bonds. The maximum atomic E-state index is 12.7. The van der Waals surface area contributed by atoms with Gasteiger partial charge in [0.15, 0.2) is 0 Å². The van der Waals surface area contributed by atoms with E-state index in [2.05, 4.69) is 31.3 Å². The molecule has 0 aliphatic carbocycles. The molecule has 20 heavy (non-hydrogen) atoms. The molecule has 3 nitrogen and oxygen atoms in total. The number of carbonyl (C=O) groups is 1. The van der Waals surface area contributed by atoms with Crippen molar-refractivity contribution >= 4 is 5.91 Å². The molecule has 0 saturated carbocycles. The van der Waals surface area contributed by atoms with E-state index in [4.69, 9.17) is 0 Å². The van der Waals surface area contributed by atoms with Crippen LogP contribution in [0.15, 0.2) is 41.5 Å². The number of rotatable bonds is 5. The third-order valence-electron chi connectivity index (χ3n) is 4.11. The van der Waals surface area contributed by atoms with Crippen molar-refractivity contribution in [1.82, 2.24) is 10.2 Å². The van der Waals surface area contributed by atoms with E-state index < -0.39 is 0 Å². The second kappa shape index (κ2) is 6.71. The standard InChI is InChI=1S/C17H24N2O/c1-4-13(2)19(12-15-8-6-5-7-9-15)17(20)14(3)16-10-18-11-16/h5-9,13,18H,4,10-12H2,1-3H3. The third-order valence-corrected chi connectivity index (χ3v) is 4.11. The van der Waals surface area contributed by atoms with Crippen LogP contribution in [0.25, 0.3) is 0 Å². The van der Waals surface area contributed by atoms with Crippen LogP contribution in [0.2, 0.25) is 0 Å². The summed E-state index contributed by atoms with van der Waals surface area (Å²) in [5.74, 6) is 0.180. The topological polar surface area (TPSA) is 32.3 Å². The van der Waals surface area contributed by atoms with E-state index in [0.29, 0.717) is 6.54 Å². The van der Waals surface area contributed by atoms with Crippen LogP contribution in [0.5, 0.6) is 0 Å². The Morgan fingerprint density at radius 1 is 1.30 bits per heavy atom. The van der Waals surface area contributed by atoms with Crippen molar-refractivity contribution in [3.63, 3.8) is 0 Å². The van der Waals surface area contributed by atoms with Crippen LogP contribution in [-0.4, -0.2) is 29.9 Å². The van der Waals surface area contributed by atoms with Gasteiger partial charge >= 0.3 is 0 Å². The monoisotopic (exact) mass is 272 g/mol. The molecule has 3 heteroatoms. The molecule has 1 unspecified atom stereocenters. The highest BCUT2D eigenvalue weighted by molar-refractivity contribution is 5.94. The summed E-state index contributed by atoms with van der Waals surface area (Å²) in [6, 6.07) is 10.5. The molecule has 1 heterocycles. The molecule has 0 aromatic heterocycles. The normalized spacial score (nSPS) is 15.4. The van der Waals surface area contributed by atoms with Gasteiger partial charge in [0.1, 0.15) is 0 Å². The van der Waals surface area contributed by atoms with Crippen LogP contribution in [0.3, 0.4) is 0 Å². The number of amides is 1. The number of nitrogens with zero attached hydrogens (tertiary/aromatic N) is 1. The zero-order chi connectivity index (χ0) is 14.5. The van der Waals surface area contributed by atoms with Crippen LogP contribution in [-0.2, 0) is 11.3 Å². The Labute approximate surface area is 121 Å². The van der Waals surface area contributed by atoms with Crippen LogP contribution in [0, 0.1) is 0 Å². The zero-order valence-electron chi connectivity index (χ0n) is 12.6. The molecule has 1 N–H and O–H groups in total. The quantitative estimate of drug-likeness (QED) is 0.836. The first-order valence-corrected chi connectivity index (χ1v) is 7.37. The fraction of sp³-hybridized carbons (Fsp3) is 0.471. The van der Waals surface area contributed by atoms with Gasteiger partial charge in [0.05, 0.1) is 0 Å². The predicted octanol–water partition coefficient (Wildman–Crippen LogP) is 2.73. The van der Waals surface area contributed by atoms with Gasteiger partial charge in [-0.25, -0.2) is 0 Å². The number of hydrogen-bond acceptors (Lipinski definition) is 2. The first kappa shape index (κ1) is 14.8. The Morgan fingerprint density at radius 3 is 2.45 bits per heavy atom. The van der Waals surface area contributed by atoms with Gasteiger partial charge in [-0.05, 0) is 31.4 Å². The van der Waals surface area contributed by atoms with Crippen LogP contribution >= 0.6 is 0 Å². The van der Waals surface area contributed by atoms with Crippen molar-refractivity contribution in [1.29, 1.82) is 0 Å². The highest BCUT2D eigenvalue weighted by atomic mass is 16.2. The van der Waals surface area contributed by atoms with Crippen molar-refractivity contribution < 1.29 is 4.79 Å². The third kappa shape index (κ3) is 3.28. The SMILES string of the molecule is CCC(C)N(Cc1ccccc1)C(=O)C(C)=C1CNC1. The van der Waals surface area contributed by atoms with E-state index in [0.717, 1.165) is 25.1 Å². The van der Waals surface area contributed by atoms with Gasteiger partial charge in [-0.2, -0.15) is 0 Å². The molecule has 1 aromatic rings. The Morgan fingerprint density at radius 2 is 1.95 bits per heavy atom. The summed E-state index contributed by atoms with van der Waals surface area (Å²) in [6.07, 6.45) is 0.972. The molecule has 1 aliphatic rings. The second-order valence-corrected chi connectivity index (χ2v) is 5.51. The van der Waals surface area contributed by atoms with E-state index in [-0.39, 0.29) is 11.9 Å². The van der Waals surface area contributed by atoms with E-state index in [1.54, 1.807) is 0 Å². The molecule has 0 radical (unpaired) electrons. The summed E-state index contributed by atoms with van der Waals surface area (Å²) in [5, 5.41) is 3.20. The van der Waals surface area contributed by atoms with Crippen LogP contribution < -0.4 is 5.32 Å². The van der Waals surface area contributed by atoms with E-state index in [9.17, 15) is 4.79 Å². The van der Waals surface area contributed by atoms with Gasteiger partial charge in [-0.1, -0.05) is 37.3 Å². The number of benzene rings is 1. The fourth-order valence-corrected chi connectivity index (χ4v) is 2.31. The molecule has 2 rings (SSSR count). The van der Waals surface area contributed by atoms with Crippen molar-refractivity contribution in [2.24, 2.45) is 0 Å². The Bertz CT molecular complexity index is 487. The molecule has 108 valence electrons. The minimum absolute atomic E-state index is 0.180. The highest BCUT2D eigenvalue weighted by Gasteiger charge is 2.24. The number of carbonyl (C=O) groups excluding carboxylic acids is 1. The van der Waals surface area contributed by atoms with Gasteiger partial charge in [0, 0.05) is 31.2 Å². The van der Waals surface area contributed by atoms with Gasteiger partial charge in [-0.15, -0.1) is 0 Å². The number of hydrogen-bond donors (Lipinski definition) is 1. The Hall–Kier alpha value is -1.61. The molecule has 0 bridgehead atoms. The number of nitrogens with one attached hydrogen (secondary N) is 1. The lowest BCUT2D eigenvalue weighted by atomic mass is 10.0. The lowest BCUT2D eigenvalue weighted by Crippen LogP contribution is -2.42. The van der Waals surface area contributed by atoms with Gasteiger partial charge in [-0.3, -0.25) is 4.79 Å². The maximum absolute atomic E-state index is 12.7. The largest absolute Gasteiger partial charge is 0.332 e. The van der Waals surface area contributed by atoms with Gasteiger partial charge in [0.2, 0.25) is 5.91 Å². The Balaban J connectivity index is 2.17. The zero-order valence-corrected chi connectivity index (χ0v) is 12.6. The van der Waals surface area contributed by atoms with Crippen LogP contribution in [0.1, 0.15) is 32.8 Å². The summed E-state index contributed by atoms with van der Waals surface area (Å²) in [6.45, 7) is 8.61. The van der Waals surface area contributed by atoms with E-state index in [1.807, 2.05) is 30.0 Å². The molecular formula is C17H24N2O. The van der Waals surface area contributed by atoms with Crippen LogP contribution in [0.4, 0.5) is 0 Å². The first-order valence-electron chi connectivity index (χ1n) is 7.37. The molecule has 1 saturated heterocycles. The molecule has 1 aromatic carbocycles. The predicted molar refractivity (Wildman–Crippen MR) is 82.3 cm³/mol. The second-order valence-electron chi connectivity index (χ2n) is 5.51. The van der Waals surface area contributed by atoms with E-state index in [1.165, 1.54) is 11.1 Å². The maximum Gasteiger partial charge on any atom is 0.250 e. The Kier molecular flexibility index (Phi) is 4.96. The summed E-state index contributed by atoms with van der Waals surface area (Å²) in [4.78, 5) is 14.7. The molecule has 1 atom stereocenters. The average molecular weight is 272 g/mol. The smallest absolute Gasteiger partial charge is 0.250 e. The minimum atomic E-state index is 0.180. The molecule has 1 aliphatic heterocycles. The van der Waals surface area contributed by atoms with Gasteiger partial charge < -0.3 is 10.2 Å². The molecule has 1 fully saturated rings. The summed E-state index contributed by atoms with van der Waals surface area (Å²) >= 11 is 0. The molecule has 0 spiro atoms. The van der Waals surface area contributed by atoms with Crippen molar-refractivity contribution in [3.05, 3.63) is 47.0 Å². The summed E-state index contributed by atoms with van der Waals surface area (Å²) in [7, 11) is 0. The summed E-state index contributed by atoms with van der Waals surface area (Å²) in [5.41, 5.74) is 3.35. The lowest BCUT2D eigenvalue weighted by molar-refractivity contribution is -0.129. The van der Waals surface area contributed by atoms with Gasteiger partial charge in [0.25, 0.3) is 0 Å². The first-order chi connectivity index (χ1) is 9.63. The average Bonchev–Trinajstić information content (AvgIpc) is 2.42. The lowest BCUT2D eigenvalue weighted by Gasteiger charge is -2.31. The molecular weight excluding hydrogens is 248 g/mol. The fourth-order valence-electron chi connectivity index (χ4n) is 2.31. The minimum Gasteiger partial charge on any atom is -0.332 e. The van der Waals surface area contributed by atoms with Crippen molar-refractivity contribution in [3.8, 4) is 0 Å². The highest BCUT2D eigenvalue weighted by Crippen LogP contribution is 2.17. The van der Waals surface area contributed by atoms with Crippen molar-refractivity contribution in [2.75, 3.05) is 13.1 Å². The summed E-state index contributed by atoms with van der Waals surface area (Å²) < 4.78 is 0. The van der Waals surface area contributed by atoms with E-state index >= 15 is 0 Å².